The Labute approximate surface area is 157 Å². The van der Waals surface area contributed by atoms with Crippen molar-refractivity contribution in [3.05, 3.63) is 5.53 Å². The van der Waals surface area contributed by atoms with E-state index in [1.54, 1.807) is 0 Å². The quantitative estimate of drug-likeness (QED) is 0.595. The Morgan fingerprint density at radius 1 is 1.12 bits per heavy atom. The third-order valence-corrected chi connectivity index (χ3v) is 9.53. The number of hydrogen-bond acceptors (Lipinski definition) is 2. The maximum absolute atomic E-state index is 12.3. The Morgan fingerprint density at radius 2 is 1.85 bits per heavy atom. The molecule has 4 aliphatic rings. The minimum atomic E-state index is 0.0618. The number of fused-ring (bicyclic) bond motifs is 5. The summed E-state index contributed by atoms with van der Waals surface area (Å²) in [5.41, 5.74) is 10.4. The number of aliphatic hydroxyl groups is 1. The molecular formula is C22H34N2O2. The van der Waals surface area contributed by atoms with E-state index < -0.39 is 0 Å². The average Bonchev–Trinajstić information content (AvgIpc) is 2.99. The molecule has 4 heteroatoms. The highest BCUT2D eigenvalue weighted by Gasteiger charge is 2.63. The normalized spacial score (nSPS) is 49.0. The van der Waals surface area contributed by atoms with Crippen LogP contribution < -0.4 is 0 Å². The van der Waals surface area contributed by atoms with Gasteiger partial charge in [-0.05, 0) is 85.4 Å². The van der Waals surface area contributed by atoms with Crippen molar-refractivity contribution in [2.45, 2.75) is 72.1 Å². The molecule has 4 saturated carbocycles. The predicted octanol–water partition coefficient (Wildman–Crippen LogP) is 4.12. The Hall–Kier alpha value is -0.990. The Morgan fingerprint density at radius 3 is 2.54 bits per heavy atom. The maximum Gasteiger partial charge on any atom is 0.337 e. The van der Waals surface area contributed by atoms with Crippen LogP contribution in [0.3, 0.4) is 0 Å². The van der Waals surface area contributed by atoms with Crippen molar-refractivity contribution >= 4 is 11.5 Å². The molecule has 0 amide bonds. The zero-order valence-corrected chi connectivity index (χ0v) is 16.6. The molecule has 4 aliphatic carbocycles. The van der Waals surface area contributed by atoms with Gasteiger partial charge in [0, 0.05) is 13.0 Å². The summed E-state index contributed by atoms with van der Waals surface area (Å²) in [7, 11) is 0. The molecule has 4 nitrogen and oxygen atoms in total. The van der Waals surface area contributed by atoms with Crippen LogP contribution in [0.15, 0.2) is 0 Å². The maximum atomic E-state index is 12.3. The summed E-state index contributed by atoms with van der Waals surface area (Å²) in [6.45, 7) is 7.40. The standard InChI is InChI=1S/C22H34N2O2/c1-13(12-25)15-6-7-16-14-4-5-18-20(24-23)19(26)9-11-22(18,3)17(14)8-10-21(15,16)2/h13-18,25H,4-12H2,1-3H3/t13-,14-,15+,16-,17-,18-,21+,22+/m0/s1. The highest BCUT2D eigenvalue weighted by molar-refractivity contribution is 6.39. The molecule has 0 radical (unpaired) electrons. The number of nitrogens with zero attached hydrogens (tertiary/aromatic N) is 2. The van der Waals surface area contributed by atoms with E-state index in [1.165, 1.54) is 25.7 Å². The lowest BCUT2D eigenvalue weighted by Gasteiger charge is -2.59. The van der Waals surface area contributed by atoms with E-state index in [4.69, 9.17) is 0 Å². The molecule has 4 rings (SSSR count). The van der Waals surface area contributed by atoms with Gasteiger partial charge < -0.3 is 10.6 Å². The van der Waals surface area contributed by atoms with Gasteiger partial charge in [0.25, 0.3) is 0 Å². The van der Waals surface area contributed by atoms with Crippen LogP contribution in [0.4, 0.5) is 0 Å². The average molecular weight is 359 g/mol. The Kier molecular flexibility index (Phi) is 4.44. The molecule has 0 spiro atoms. The second-order valence-electron chi connectivity index (χ2n) is 10.3. The largest absolute Gasteiger partial charge is 0.396 e. The highest BCUT2D eigenvalue weighted by Crippen LogP contribution is 2.67. The van der Waals surface area contributed by atoms with Crippen molar-refractivity contribution < 1.29 is 14.7 Å². The predicted molar refractivity (Wildman–Crippen MR) is 100 cm³/mol. The van der Waals surface area contributed by atoms with E-state index in [0.717, 1.165) is 31.1 Å². The molecule has 0 aromatic rings. The van der Waals surface area contributed by atoms with Gasteiger partial charge in [0.15, 0.2) is 0 Å². The molecule has 144 valence electrons. The van der Waals surface area contributed by atoms with Crippen molar-refractivity contribution in [3.8, 4) is 0 Å². The summed E-state index contributed by atoms with van der Waals surface area (Å²) in [5.74, 6) is 3.39. The van der Waals surface area contributed by atoms with E-state index in [-0.39, 0.29) is 17.1 Å². The SMILES string of the molecule is C[C@@H](CO)[C@H]1CC[C@H]2[C@@H]3CC[C@H]4C(=[N+]=[N-])C(=O)CC[C@]4(C)[C@H]3CC[C@]12C. The first-order chi connectivity index (χ1) is 12.4. The molecule has 8 atom stereocenters. The lowest BCUT2D eigenvalue weighted by atomic mass is 9.44. The van der Waals surface area contributed by atoms with Gasteiger partial charge in [0.1, 0.15) is 0 Å². The second kappa shape index (κ2) is 6.27. The molecule has 0 bridgehead atoms. The van der Waals surface area contributed by atoms with E-state index in [1.807, 2.05) is 0 Å². The van der Waals surface area contributed by atoms with Crippen LogP contribution in [0.5, 0.6) is 0 Å². The number of hydrogen-bond donors (Lipinski definition) is 1. The van der Waals surface area contributed by atoms with Crippen molar-refractivity contribution in [3.63, 3.8) is 0 Å². The van der Waals surface area contributed by atoms with Crippen LogP contribution in [0.2, 0.25) is 0 Å². The van der Waals surface area contributed by atoms with Crippen molar-refractivity contribution in [2.75, 3.05) is 6.61 Å². The lowest BCUT2D eigenvalue weighted by molar-refractivity contribution is -0.133. The first-order valence-electron chi connectivity index (χ1n) is 10.7. The third-order valence-electron chi connectivity index (χ3n) is 9.53. The molecule has 4 fully saturated rings. The van der Waals surface area contributed by atoms with Crippen LogP contribution in [-0.2, 0) is 4.79 Å². The smallest absolute Gasteiger partial charge is 0.337 e. The summed E-state index contributed by atoms with van der Waals surface area (Å²) < 4.78 is 0. The number of aliphatic hydroxyl groups excluding tert-OH is 1. The summed E-state index contributed by atoms with van der Waals surface area (Å²) in [6, 6.07) is 0. The highest BCUT2D eigenvalue weighted by atomic mass is 16.3. The van der Waals surface area contributed by atoms with Gasteiger partial charge in [-0.1, -0.05) is 20.8 Å². The fourth-order valence-corrected chi connectivity index (χ4v) is 8.20. The van der Waals surface area contributed by atoms with E-state index in [9.17, 15) is 15.4 Å². The summed E-state index contributed by atoms with van der Waals surface area (Å²) in [5, 5.41) is 9.74. The molecule has 0 saturated heterocycles. The fraction of sp³-hybridized carbons (Fsp3) is 0.909. The number of ketones is 1. The molecule has 1 N–H and O–H groups in total. The molecular weight excluding hydrogens is 324 g/mol. The second-order valence-corrected chi connectivity index (χ2v) is 10.3. The number of Topliss-reactive ketones (excluding diaryl/α,β-unsaturated/α-hetero) is 1. The van der Waals surface area contributed by atoms with E-state index >= 15 is 0 Å². The van der Waals surface area contributed by atoms with Crippen LogP contribution in [0.25, 0.3) is 5.53 Å². The van der Waals surface area contributed by atoms with Gasteiger partial charge in [-0.15, -0.1) is 0 Å². The van der Waals surface area contributed by atoms with Crippen LogP contribution >= 0.6 is 0 Å². The Bertz CT molecular complexity index is 655. The van der Waals surface area contributed by atoms with Gasteiger partial charge in [0.05, 0.1) is 5.92 Å². The first-order valence-corrected chi connectivity index (χ1v) is 10.7. The van der Waals surface area contributed by atoms with Crippen LogP contribution in [-0.4, -0.2) is 28.0 Å². The van der Waals surface area contributed by atoms with Crippen molar-refractivity contribution in [1.29, 1.82) is 0 Å². The number of carbonyl (C=O) groups is 1. The zero-order valence-electron chi connectivity index (χ0n) is 16.6. The minimum absolute atomic E-state index is 0.0618. The molecule has 0 aliphatic heterocycles. The topological polar surface area (TPSA) is 73.7 Å². The van der Waals surface area contributed by atoms with Crippen molar-refractivity contribution in [1.82, 2.24) is 0 Å². The van der Waals surface area contributed by atoms with Crippen LogP contribution in [0.1, 0.15) is 72.1 Å². The van der Waals surface area contributed by atoms with Gasteiger partial charge >= 0.3 is 5.71 Å². The Balaban J connectivity index is 1.64. The van der Waals surface area contributed by atoms with Crippen LogP contribution in [0, 0.1) is 46.3 Å². The van der Waals surface area contributed by atoms with E-state index in [2.05, 4.69) is 25.6 Å². The third kappa shape index (κ3) is 2.34. The minimum Gasteiger partial charge on any atom is -0.396 e. The van der Waals surface area contributed by atoms with E-state index in [0.29, 0.717) is 41.9 Å². The van der Waals surface area contributed by atoms with Crippen molar-refractivity contribution in [2.24, 2.45) is 46.3 Å². The zero-order chi connectivity index (χ0) is 18.7. The number of carbonyl (C=O) groups excluding carboxylic acids is 1. The summed E-state index contributed by atoms with van der Waals surface area (Å²) in [6.07, 6.45) is 8.69. The first kappa shape index (κ1) is 18.4. The van der Waals surface area contributed by atoms with Gasteiger partial charge in [-0.25, -0.2) is 0 Å². The molecule has 26 heavy (non-hydrogen) atoms. The van der Waals surface area contributed by atoms with Gasteiger partial charge in [-0.3, -0.25) is 4.79 Å². The monoisotopic (exact) mass is 358 g/mol. The number of rotatable bonds is 2. The lowest BCUT2D eigenvalue weighted by Crippen LogP contribution is -2.56. The molecule has 0 unspecified atom stereocenters. The molecule has 0 aromatic heterocycles. The molecule has 0 aromatic carbocycles. The summed E-state index contributed by atoms with van der Waals surface area (Å²) in [4.78, 5) is 15.7. The van der Waals surface area contributed by atoms with Gasteiger partial charge in [-0.2, -0.15) is 4.79 Å². The van der Waals surface area contributed by atoms with Gasteiger partial charge in [0.2, 0.25) is 5.78 Å². The summed E-state index contributed by atoms with van der Waals surface area (Å²) >= 11 is 0. The molecule has 0 heterocycles. The fourth-order valence-electron chi connectivity index (χ4n) is 8.20.